The first-order valence-electron chi connectivity index (χ1n) is 5.89. The Morgan fingerprint density at radius 3 is 2.75 bits per heavy atom. The first-order chi connectivity index (χ1) is 7.68. The first kappa shape index (κ1) is 11.9. The number of benzene rings is 1. The molecule has 0 fully saturated rings. The average molecular weight is 280 g/mol. The molecule has 1 nitrogen and oxygen atoms in total. The summed E-state index contributed by atoms with van der Waals surface area (Å²) in [5.74, 6) is 0. The van der Waals surface area contributed by atoms with Gasteiger partial charge >= 0.3 is 0 Å². The van der Waals surface area contributed by atoms with E-state index in [4.69, 9.17) is 5.73 Å². The summed E-state index contributed by atoms with van der Waals surface area (Å²) in [6.45, 7) is 2.10. The Morgan fingerprint density at radius 2 is 2.12 bits per heavy atom. The summed E-state index contributed by atoms with van der Waals surface area (Å²) in [5, 5.41) is 0. The fourth-order valence-corrected chi connectivity index (χ4v) is 2.56. The van der Waals surface area contributed by atoms with Crippen molar-refractivity contribution >= 4 is 15.9 Å². The highest BCUT2D eigenvalue weighted by Gasteiger charge is 2.14. The van der Waals surface area contributed by atoms with Crippen LogP contribution in [0.15, 0.2) is 34.3 Å². The topological polar surface area (TPSA) is 26.0 Å². The van der Waals surface area contributed by atoms with Crippen molar-refractivity contribution in [2.75, 3.05) is 0 Å². The average Bonchev–Trinajstić information content (AvgIpc) is 2.33. The van der Waals surface area contributed by atoms with Gasteiger partial charge in [-0.25, -0.2) is 0 Å². The highest BCUT2D eigenvalue weighted by molar-refractivity contribution is 9.10. The molecule has 1 atom stereocenters. The fraction of sp³-hybridized carbons (Fsp3) is 0.429. The largest absolute Gasteiger partial charge is 0.321 e. The Kier molecular flexibility index (Phi) is 3.82. The molecule has 86 valence electrons. The Balaban J connectivity index is 2.22. The summed E-state index contributed by atoms with van der Waals surface area (Å²) < 4.78 is 1.15. The van der Waals surface area contributed by atoms with Crippen LogP contribution in [0.1, 0.15) is 42.9 Å². The molecule has 1 aliphatic carbocycles. The van der Waals surface area contributed by atoms with Gasteiger partial charge in [0.15, 0.2) is 0 Å². The smallest absolute Gasteiger partial charge is 0.0511 e. The Bertz CT molecular complexity index is 409. The Hall–Kier alpha value is -0.600. The highest BCUT2D eigenvalue weighted by Crippen LogP contribution is 2.30. The molecular weight excluding hydrogens is 262 g/mol. The molecule has 2 rings (SSSR count). The molecule has 1 aliphatic rings. The van der Waals surface area contributed by atoms with E-state index in [1.165, 1.54) is 36.0 Å². The quantitative estimate of drug-likeness (QED) is 0.805. The number of nitrogens with two attached hydrogens (primary N) is 1. The minimum Gasteiger partial charge on any atom is -0.321 e. The van der Waals surface area contributed by atoms with E-state index in [9.17, 15) is 0 Å². The fourth-order valence-electron chi connectivity index (χ4n) is 2.16. The van der Waals surface area contributed by atoms with Crippen LogP contribution in [0.2, 0.25) is 0 Å². The van der Waals surface area contributed by atoms with Gasteiger partial charge in [-0.3, -0.25) is 0 Å². The highest BCUT2D eigenvalue weighted by atomic mass is 79.9. The number of allylic oxidation sites excluding steroid dienone is 1. The number of aryl methyl sites for hydroxylation is 1. The molecular formula is C14H18BrN. The van der Waals surface area contributed by atoms with E-state index in [0.717, 1.165) is 10.9 Å². The second-order valence-corrected chi connectivity index (χ2v) is 5.37. The number of halogens is 1. The van der Waals surface area contributed by atoms with Crippen LogP contribution in [0.4, 0.5) is 0 Å². The second-order valence-electron chi connectivity index (χ2n) is 4.51. The normalized spacial score (nSPS) is 18.1. The maximum Gasteiger partial charge on any atom is 0.0511 e. The monoisotopic (exact) mass is 279 g/mol. The lowest BCUT2D eigenvalue weighted by molar-refractivity contribution is 0.648. The molecule has 2 N–H and O–H groups in total. The SMILES string of the molecule is Cc1ccc(C(N)C2=CCCCC2)cc1Br. The summed E-state index contributed by atoms with van der Waals surface area (Å²) >= 11 is 3.56. The maximum absolute atomic E-state index is 6.30. The van der Waals surface area contributed by atoms with Crippen molar-refractivity contribution in [2.45, 2.75) is 38.6 Å². The van der Waals surface area contributed by atoms with Gasteiger partial charge in [-0.15, -0.1) is 0 Å². The van der Waals surface area contributed by atoms with Crippen molar-refractivity contribution in [3.63, 3.8) is 0 Å². The van der Waals surface area contributed by atoms with E-state index in [-0.39, 0.29) is 6.04 Å². The predicted molar refractivity (Wildman–Crippen MR) is 72.4 cm³/mol. The minimum absolute atomic E-state index is 0.0807. The van der Waals surface area contributed by atoms with E-state index >= 15 is 0 Å². The van der Waals surface area contributed by atoms with E-state index in [2.05, 4.69) is 47.1 Å². The number of hydrogen-bond acceptors (Lipinski definition) is 1. The van der Waals surface area contributed by atoms with Crippen LogP contribution in [-0.4, -0.2) is 0 Å². The van der Waals surface area contributed by atoms with Crippen molar-refractivity contribution in [1.82, 2.24) is 0 Å². The van der Waals surface area contributed by atoms with Crippen LogP contribution in [-0.2, 0) is 0 Å². The number of rotatable bonds is 2. The summed E-state index contributed by atoms with van der Waals surface area (Å²) in [5.41, 5.74) is 10.2. The molecule has 0 spiro atoms. The molecule has 1 aromatic rings. The molecule has 1 aromatic carbocycles. The zero-order valence-corrected chi connectivity index (χ0v) is 11.3. The number of hydrogen-bond donors (Lipinski definition) is 1. The van der Waals surface area contributed by atoms with Crippen molar-refractivity contribution in [1.29, 1.82) is 0 Å². The molecule has 0 aromatic heterocycles. The van der Waals surface area contributed by atoms with Crippen molar-refractivity contribution in [3.05, 3.63) is 45.4 Å². The first-order valence-corrected chi connectivity index (χ1v) is 6.68. The van der Waals surface area contributed by atoms with E-state index in [1.807, 2.05) is 0 Å². The molecule has 0 heterocycles. The van der Waals surface area contributed by atoms with E-state index < -0.39 is 0 Å². The van der Waals surface area contributed by atoms with Gasteiger partial charge in [0.1, 0.15) is 0 Å². The second kappa shape index (κ2) is 5.15. The zero-order chi connectivity index (χ0) is 11.5. The van der Waals surface area contributed by atoms with Crippen LogP contribution >= 0.6 is 15.9 Å². The molecule has 0 radical (unpaired) electrons. The summed E-state index contributed by atoms with van der Waals surface area (Å²) in [6, 6.07) is 6.50. The lowest BCUT2D eigenvalue weighted by Crippen LogP contribution is -2.14. The molecule has 0 bridgehead atoms. The molecule has 0 aliphatic heterocycles. The van der Waals surface area contributed by atoms with Gasteiger partial charge in [-0.1, -0.05) is 39.7 Å². The molecule has 16 heavy (non-hydrogen) atoms. The third kappa shape index (κ3) is 2.55. The van der Waals surface area contributed by atoms with Gasteiger partial charge in [0, 0.05) is 4.47 Å². The predicted octanol–water partition coefficient (Wildman–Crippen LogP) is 4.26. The molecule has 0 saturated heterocycles. The van der Waals surface area contributed by atoms with E-state index in [0.29, 0.717) is 0 Å². The molecule has 0 saturated carbocycles. The zero-order valence-electron chi connectivity index (χ0n) is 9.67. The van der Waals surface area contributed by atoms with Crippen LogP contribution in [0.5, 0.6) is 0 Å². The van der Waals surface area contributed by atoms with Crippen molar-refractivity contribution < 1.29 is 0 Å². The van der Waals surface area contributed by atoms with Gasteiger partial charge in [0.25, 0.3) is 0 Å². The van der Waals surface area contributed by atoms with Gasteiger partial charge in [-0.05, 0) is 49.8 Å². The van der Waals surface area contributed by atoms with Gasteiger partial charge < -0.3 is 5.73 Å². The van der Waals surface area contributed by atoms with Crippen LogP contribution in [0.3, 0.4) is 0 Å². The van der Waals surface area contributed by atoms with Crippen molar-refractivity contribution in [3.8, 4) is 0 Å². The standard InChI is InChI=1S/C14H18BrN/c1-10-7-8-12(9-13(10)15)14(16)11-5-3-2-4-6-11/h5,7-9,14H,2-4,6,16H2,1H3. The molecule has 2 heteroatoms. The summed E-state index contributed by atoms with van der Waals surface area (Å²) in [4.78, 5) is 0. The third-order valence-corrected chi connectivity index (χ3v) is 4.13. The van der Waals surface area contributed by atoms with Crippen LogP contribution < -0.4 is 5.73 Å². The van der Waals surface area contributed by atoms with Gasteiger partial charge in [-0.2, -0.15) is 0 Å². The van der Waals surface area contributed by atoms with Crippen LogP contribution in [0.25, 0.3) is 0 Å². The minimum atomic E-state index is 0.0807. The van der Waals surface area contributed by atoms with Gasteiger partial charge in [0.05, 0.1) is 6.04 Å². The summed E-state index contributed by atoms with van der Waals surface area (Å²) in [6.07, 6.45) is 7.27. The van der Waals surface area contributed by atoms with E-state index in [1.54, 1.807) is 0 Å². The van der Waals surface area contributed by atoms with Gasteiger partial charge in [0.2, 0.25) is 0 Å². The third-order valence-electron chi connectivity index (χ3n) is 3.28. The Morgan fingerprint density at radius 1 is 1.31 bits per heavy atom. The lowest BCUT2D eigenvalue weighted by Gasteiger charge is -2.20. The Labute approximate surface area is 106 Å². The summed E-state index contributed by atoms with van der Waals surface area (Å²) in [7, 11) is 0. The van der Waals surface area contributed by atoms with Crippen LogP contribution in [0, 0.1) is 6.92 Å². The van der Waals surface area contributed by atoms with Crippen molar-refractivity contribution in [2.24, 2.45) is 5.73 Å². The molecule has 1 unspecified atom stereocenters. The maximum atomic E-state index is 6.30. The lowest BCUT2D eigenvalue weighted by atomic mass is 9.90. The molecule has 0 amide bonds.